The number of hydrogen-bond donors (Lipinski definition) is 2. The van der Waals surface area contributed by atoms with Gasteiger partial charge in [-0.15, -0.1) is 11.3 Å². The van der Waals surface area contributed by atoms with Gasteiger partial charge >= 0.3 is 0 Å². The van der Waals surface area contributed by atoms with Crippen molar-refractivity contribution in [3.05, 3.63) is 40.1 Å². The molecular weight excluding hydrogens is 324 g/mol. The second-order valence-electron chi connectivity index (χ2n) is 4.44. The Balaban J connectivity index is 2.29. The first-order valence-electron chi connectivity index (χ1n) is 6.37. The Bertz CT molecular complexity index is 780. The van der Waals surface area contributed by atoms with Crippen molar-refractivity contribution in [2.45, 2.75) is 11.8 Å². The Hall–Kier alpha value is -2.06. The number of thiophene rings is 1. The molecule has 1 aromatic heterocycles. The maximum absolute atomic E-state index is 12.4. The van der Waals surface area contributed by atoms with Gasteiger partial charge in [-0.3, -0.25) is 9.52 Å². The van der Waals surface area contributed by atoms with E-state index in [0.29, 0.717) is 21.2 Å². The van der Waals surface area contributed by atoms with E-state index < -0.39 is 10.0 Å². The molecule has 22 heavy (non-hydrogen) atoms. The molecule has 1 aromatic carbocycles. The van der Waals surface area contributed by atoms with Crippen LogP contribution in [0, 0.1) is 6.92 Å². The molecular formula is C14H16N2O4S2. The first-order valence-corrected chi connectivity index (χ1v) is 8.66. The minimum atomic E-state index is -3.74. The maximum Gasteiger partial charge on any atom is 0.263 e. The van der Waals surface area contributed by atoms with Gasteiger partial charge < -0.3 is 10.1 Å². The van der Waals surface area contributed by atoms with Gasteiger partial charge in [-0.25, -0.2) is 8.42 Å². The molecule has 6 nitrogen and oxygen atoms in total. The molecule has 1 amide bonds. The van der Waals surface area contributed by atoms with Gasteiger partial charge in [-0.05, 0) is 37.3 Å². The average molecular weight is 340 g/mol. The molecule has 0 radical (unpaired) electrons. The molecule has 2 aromatic rings. The van der Waals surface area contributed by atoms with Gasteiger partial charge in [0, 0.05) is 17.6 Å². The number of anilines is 1. The van der Waals surface area contributed by atoms with Crippen molar-refractivity contribution in [2.24, 2.45) is 0 Å². The molecule has 0 aliphatic rings. The van der Waals surface area contributed by atoms with Gasteiger partial charge in [-0.1, -0.05) is 0 Å². The zero-order valence-electron chi connectivity index (χ0n) is 12.3. The Kier molecular flexibility index (Phi) is 4.72. The average Bonchev–Trinajstić information content (AvgIpc) is 2.90. The number of sulfonamides is 1. The summed E-state index contributed by atoms with van der Waals surface area (Å²) in [4.78, 5) is 12.6. The minimum absolute atomic E-state index is 0.104. The van der Waals surface area contributed by atoms with Crippen molar-refractivity contribution in [2.75, 3.05) is 18.9 Å². The van der Waals surface area contributed by atoms with Crippen LogP contribution in [0.25, 0.3) is 0 Å². The molecule has 0 aliphatic carbocycles. The molecule has 0 spiro atoms. The summed E-state index contributed by atoms with van der Waals surface area (Å²) in [5, 5.41) is 2.48. The van der Waals surface area contributed by atoms with Crippen molar-refractivity contribution in [3.8, 4) is 5.75 Å². The second kappa shape index (κ2) is 6.37. The van der Waals surface area contributed by atoms with Gasteiger partial charge in [-0.2, -0.15) is 0 Å². The third kappa shape index (κ3) is 3.40. The van der Waals surface area contributed by atoms with Crippen molar-refractivity contribution in [3.63, 3.8) is 0 Å². The zero-order chi connectivity index (χ0) is 16.3. The quantitative estimate of drug-likeness (QED) is 0.874. The highest BCUT2D eigenvalue weighted by Gasteiger charge is 2.22. The number of benzene rings is 1. The highest BCUT2D eigenvalue weighted by molar-refractivity contribution is 7.93. The van der Waals surface area contributed by atoms with Gasteiger partial charge in [0.25, 0.3) is 15.9 Å². The smallest absolute Gasteiger partial charge is 0.263 e. The largest absolute Gasteiger partial charge is 0.497 e. The van der Waals surface area contributed by atoms with Crippen molar-refractivity contribution >= 4 is 33.0 Å². The van der Waals surface area contributed by atoms with Gasteiger partial charge in [0.05, 0.1) is 12.0 Å². The van der Waals surface area contributed by atoms with Crippen LogP contribution >= 0.6 is 11.3 Å². The number of rotatable bonds is 5. The first kappa shape index (κ1) is 16.3. The molecule has 0 aliphatic heterocycles. The number of methoxy groups -OCH3 is 1. The molecule has 0 fully saturated rings. The summed E-state index contributed by atoms with van der Waals surface area (Å²) in [5.74, 6) is 0.329. The van der Waals surface area contributed by atoms with E-state index in [0.717, 1.165) is 11.3 Å². The SMILES string of the molecule is CNC(=O)c1cc(S(=O)(=O)Nc2ccc(OC)cc2)c(C)s1. The number of carbonyl (C=O) groups excluding carboxylic acids is 1. The van der Waals surface area contributed by atoms with E-state index in [-0.39, 0.29) is 10.8 Å². The molecule has 0 atom stereocenters. The molecule has 0 saturated heterocycles. The third-order valence-electron chi connectivity index (χ3n) is 2.95. The van der Waals surface area contributed by atoms with Crippen LogP contribution in [0.2, 0.25) is 0 Å². The van der Waals surface area contributed by atoms with E-state index in [9.17, 15) is 13.2 Å². The Morgan fingerprint density at radius 2 is 1.86 bits per heavy atom. The maximum atomic E-state index is 12.4. The monoisotopic (exact) mass is 340 g/mol. The fourth-order valence-corrected chi connectivity index (χ4v) is 4.43. The predicted molar refractivity (Wildman–Crippen MR) is 86.2 cm³/mol. The lowest BCUT2D eigenvalue weighted by molar-refractivity contribution is 0.0967. The minimum Gasteiger partial charge on any atom is -0.497 e. The number of hydrogen-bond acceptors (Lipinski definition) is 5. The predicted octanol–water partition coefficient (Wildman–Crippen LogP) is 2.23. The van der Waals surface area contributed by atoms with E-state index in [2.05, 4.69) is 10.0 Å². The summed E-state index contributed by atoms with van der Waals surface area (Å²) < 4.78 is 32.4. The number of nitrogens with one attached hydrogen (secondary N) is 2. The highest BCUT2D eigenvalue weighted by atomic mass is 32.2. The van der Waals surface area contributed by atoms with Gasteiger partial charge in [0.15, 0.2) is 0 Å². The van der Waals surface area contributed by atoms with E-state index >= 15 is 0 Å². The zero-order valence-corrected chi connectivity index (χ0v) is 14.0. The standard InChI is InChI=1S/C14H16N2O4S2/c1-9-13(8-12(21-9)14(17)15-2)22(18,19)16-10-4-6-11(20-3)7-5-10/h4-8,16H,1-3H3,(H,15,17). The summed E-state index contributed by atoms with van der Waals surface area (Å²) in [6, 6.07) is 7.92. The van der Waals surface area contributed by atoms with Crippen LogP contribution in [0.15, 0.2) is 35.2 Å². The van der Waals surface area contributed by atoms with Crippen LogP contribution < -0.4 is 14.8 Å². The summed E-state index contributed by atoms with van der Waals surface area (Å²) in [5.41, 5.74) is 0.424. The second-order valence-corrected chi connectivity index (χ2v) is 7.35. The summed E-state index contributed by atoms with van der Waals surface area (Å²) in [6.07, 6.45) is 0. The molecule has 0 bridgehead atoms. The van der Waals surface area contributed by atoms with Gasteiger partial charge in [0.1, 0.15) is 10.6 Å². The molecule has 8 heteroatoms. The molecule has 0 saturated carbocycles. The lowest BCUT2D eigenvalue weighted by Crippen LogP contribution is -2.16. The van der Waals surface area contributed by atoms with Crippen LogP contribution in [-0.2, 0) is 10.0 Å². The van der Waals surface area contributed by atoms with E-state index in [1.807, 2.05) is 0 Å². The topological polar surface area (TPSA) is 84.5 Å². The fraction of sp³-hybridized carbons (Fsp3) is 0.214. The molecule has 118 valence electrons. The summed E-state index contributed by atoms with van der Waals surface area (Å²) >= 11 is 1.14. The normalized spacial score (nSPS) is 11.0. The third-order valence-corrected chi connectivity index (χ3v) is 5.64. The van der Waals surface area contributed by atoms with E-state index in [1.54, 1.807) is 31.2 Å². The van der Waals surface area contributed by atoms with Crippen LogP contribution in [0.1, 0.15) is 14.5 Å². The fourth-order valence-electron chi connectivity index (χ4n) is 1.84. The van der Waals surface area contributed by atoms with Crippen LogP contribution in [0.5, 0.6) is 5.75 Å². The number of ether oxygens (including phenoxy) is 1. The summed E-state index contributed by atoms with van der Waals surface area (Å²) in [6.45, 7) is 1.67. The Morgan fingerprint density at radius 3 is 2.41 bits per heavy atom. The molecule has 1 heterocycles. The van der Waals surface area contributed by atoms with Crippen molar-refractivity contribution in [1.82, 2.24) is 5.32 Å². The highest BCUT2D eigenvalue weighted by Crippen LogP contribution is 2.27. The molecule has 2 N–H and O–H groups in total. The Labute approximate surface area is 133 Å². The van der Waals surface area contributed by atoms with Crippen molar-refractivity contribution < 1.29 is 17.9 Å². The lowest BCUT2D eigenvalue weighted by Gasteiger charge is -2.08. The number of amides is 1. The van der Waals surface area contributed by atoms with Gasteiger partial charge in [0.2, 0.25) is 0 Å². The summed E-state index contributed by atoms with van der Waals surface area (Å²) in [7, 11) is -0.708. The lowest BCUT2D eigenvalue weighted by atomic mass is 10.3. The van der Waals surface area contributed by atoms with Crippen molar-refractivity contribution in [1.29, 1.82) is 0 Å². The molecule has 2 rings (SSSR count). The number of carbonyl (C=O) groups is 1. The van der Waals surface area contributed by atoms with Crippen LogP contribution in [-0.4, -0.2) is 28.5 Å². The first-order chi connectivity index (χ1) is 10.4. The Morgan fingerprint density at radius 1 is 1.23 bits per heavy atom. The molecule has 0 unspecified atom stereocenters. The van der Waals surface area contributed by atoms with Crippen LogP contribution in [0.3, 0.4) is 0 Å². The number of aryl methyl sites for hydroxylation is 1. The van der Waals surface area contributed by atoms with E-state index in [1.165, 1.54) is 20.2 Å². The van der Waals surface area contributed by atoms with Crippen LogP contribution in [0.4, 0.5) is 5.69 Å². The van der Waals surface area contributed by atoms with E-state index in [4.69, 9.17) is 4.74 Å².